The number of nitrogens with zero attached hydrogens (tertiary/aromatic N) is 1. The molecule has 126 valence electrons. The molecule has 0 radical (unpaired) electrons. The molecule has 7 heteroatoms. The number of primary amides is 1. The number of halogens is 2. The highest BCUT2D eigenvalue weighted by Crippen LogP contribution is 2.26. The van der Waals surface area contributed by atoms with Crippen molar-refractivity contribution in [3.63, 3.8) is 0 Å². The fourth-order valence-corrected chi connectivity index (χ4v) is 2.68. The number of benzene rings is 2. The highest BCUT2D eigenvalue weighted by molar-refractivity contribution is 6.31. The van der Waals surface area contributed by atoms with E-state index < -0.39 is 23.8 Å². The second kappa shape index (κ2) is 7.90. The predicted molar refractivity (Wildman–Crippen MR) is 89.8 cm³/mol. The van der Waals surface area contributed by atoms with Crippen molar-refractivity contribution >= 4 is 23.5 Å². The van der Waals surface area contributed by atoms with Gasteiger partial charge in [-0.3, -0.25) is 15.0 Å². The van der Waals surface area contributed by atoms with Crippen LogP contribution in [0, 0.1) is 5.82 Å². The number of hydrogen-bond acceptors (Lipinski definition) is 3. The Bertz CT molecular complexity index is 720. The summed E-state index contributed by atoms with van der Waals surface area (Å²) >= 11 is 6.05. The average Bonchev–Trinajstić information content (AvgIpc) is 2.51. The predicted octanol–water partition coefficient (Wildman–Crippen LogP) is 2.85. The molecule has 0 bridgehead atoms. The second-order valence-corrected chi connectivity index (χ2v) is 5.69. The van der Waals surface area contributed by atoms with Gasteiger partial charge in [-0.1, -0.05) is 48.0 Å². The fraction of sp³-hybridized carbons (Fsp3) is 0.176. The van der Waals surface area contributed by atoms with E-state index in [1.165, 1.54) is 12.1 Å². The van der Waals surface area contributed by atoms with Gasteiger partial charge in [0.2, 0.25) is 5.91 Å². The molecule has 0 spiro atoms. The molecule has 5 nitrogen and oxygen atoms in total. The van der Waals surface area contributed by atoms with Crippen LogP contribution in [0.1, 0.15) is 17.2 Å². The minimum atomic E-state index is -0.946. The number of nitrogens with two attached hydrogens (primary N) is 1. The molecule has 0 aliphatic heterocycles. The first-order valence-corrected chi connectivity index (χ1v) is 7.56. The molecule has 0 aromatic heterocycles. The van der Waals surface area contributed by atoms with E-state index >= 15 is 0 Å². The minimum absolute atomic E-state index is 0.0806. The number of carbonyl (C=O) groups excluding carboxylic acids is 2. The van der Waals surface area contributed by atoms with Gasteiger partial charge in [-0.15, -0.1) is 0 Å². The Kier molecular flexibility index (Phi) is 5.89. The Hall–Kier alpha value is -2.44. The molecular formula is C17H17ClFN3O2. The van der Waals surface area contributed by atoms with Gasteiger partial charge in [0.05, 0.1) is 0 Å². The van der Waals surface area contributed by atoms with Gasteiger partial charge in [0.15, 0.2) is 0 Å². The number of carbonyl (C=O) groups is 2. The number of likely N-dealkylation sites (N-methyl/N-ethyl adjacent to an activating group) is 1. The lowest BCUT2D eigenvalue weighted by atomic mass is 10.0. The normalized spacial score (nSPS) is 12.0. The Labute approximate surface area is 144 Å². The van der Waals surface area contributed by atoms with Gasteiger partial charge in [0, 0.05) is 17.1 Å². The van der Waals surface area contributed by atoms with Gasteiger partial charge in [0.1, 0.15) is 11.9 Å². The first kappa shape index (κ1) is 17.9. The molecule has 3 N–H and O–H groups in total. The van der Waals surface area contributed by atoms with Crippen LogP contribution in [-0.4, -0.2) is 23.9 Å². The van der Waals surface area contributed by atoms with Gasteiger partial charge in [-0.2, -0.15) is 0 Å². The number of urea groups is 1. The minimum Gasteiger partial charge on any atom is -0.351 e. The fourth-order valence-electron chi connectivity index (χ4n) is 2.46. The lowest BCUT2D eigenvalue weighted by Crippen LogP contribution is -2.43. The maximum atomic E-state index is 14.0. The lowest BCUT2D eigenvalue weighted by molar-refractivity contribution is -0.125. The summed E-state index contributed by atoms with van der Waals surface area (Å²) in [5, 5.41) is 2.34. The summed E-state index contributed by atoms with van der Waals surface area (Å²) in [4.78, 5) is 25.0. The van der Waals surface area contributed by atoms with E-state index in [1.54, 1.807) is 48.3 Å². The molecule has 2 aromatic carbocycles. The largest absolute Gasteiger partial charge is 0.351 e. The van der Waals surface area contributed by atoms with Crippen molar-refractivity contribution in [3.05, 3.63) is 70.5 Å². The summed E-state index contributed by atoms with van der Waals surface area (Å²) in [7, 11) is 1.64. The summed E-state index contributed by atoms with van der Waals surface area (Å²) in [6.07, 6.45) is 0. The van der Waals surface area contributed by atoms with Gasteiger partial charge >= 0.3 is 6.03 Å². The standard InChI is InChI=1S/C17H17ClFN3O2/c1-22(10-12-13(18)8-5-9-14(12)19)15(16(23)21-17(20)24)11-6-3-2-4-7-11/h2-9,15H,10H2,1H3,(H3,20,21,23,24). The molecule has 0 saturated heterocycles. The van der Waals surface area contributed by atoms with E-state index in [2.05, 4.69) is 5.32 Å². The lowest BCUT2D eigenvalue weighted by Gasteiger charge is -2.27. The molecule has 2 aromatic rings. The Morgan fingerprint density at radius 3 is 2.46 bits per heavy atom. The van der Waals surface area contributed by atoms with Crippen molar-refractivity contribution in [1.82, 2.24) is 10.2 Å². The number of imide groups is 1. The van der Waals surface area contributed by atoms with Gasteiger partial charge in [-0.25, -0.2) is 9.18 Å². The third kappa shape index (κ3) is 4.31. The number of hydrogen-bond donors (Lipinski definition) is 2. The summed E-state index contributed by atoms with van der Waals surface area (Å²) in [6, 6.07) is 11.4. The van der Waals surface area contributed by atoms with Crippen molar-refractivity contribution in [3.8, 4) is 0 Å². The molecule has 0 saturated carbocycles. The smallest absolute Gasteiger partial charge is 0.318 e. The van der Waals surface area contributed by atoms with Crippen LogP contribution >= 0.6 is 11.6 Å². The molecule has 2 rings (SSSR count). The molecule has 0 aliphatic carbocycles. The van der Waals surface area contributed by atoms with Crippen molar-refractivity contribution < 1.29 is 14.0 Å². The number of nitrogens with one attached hydrogen (secondary N) is 1. The Morgan fingerprint density at radius 2 is 1.88 bits per heavy atom. The highest BCUT2D eigenvalue weighted by Gasteiger charge is 2.27. The third-order valence-electron chi connectivity index (χ3n) is 3.52. The summed E-state index contributed by atoms with van der Waals surface area (Å²) < 4.78 is 14.0. The monoisotopic (exact) mass is 349 g/mol. The molecule has 1 unspecified atom stereocenters. The first-order valence-electron chi connectivity index (χ1n) is 7.18. The molecule has 0 heterocycles. The van der Waals surface area contributed by atoms with Crippen molar-refractivity contribution in [2.24, 2.45) is 5.73 Å². The van der Waals surface area contributed by atoms with E-state index in [4.69, 9.17) is 17.3 Å². The zero-order valence-electron chi connectivity index (χ0n) is 13.0. The third-order valence-corrected chi connectivity index (χ3v) is 3.87. The van der Waals surface area contributed by atoms with Gasteiger partial charge in [0.25, 0.3) is 0 Å². The molecule has 1 atom stereocenters. The van der Waals surface area contributed by atoms with Crippen LogP contribution in [0.25, 0.3) is 0 Å². The molecule has 0 fully saturated rings. The maximum absolute atomic E-state index is 14.0. The molecular weight excluding hydrogens is 333 g/mol. The molecule has 24 heavy (non-hydrogen) atoms. The van der Waals surface area contributed by atoms with Crippen molar-refractivity contribution in [2.75, 3.05) is 7.05 Å². The van der Waals surface area contributed by atoms with Crippen LogP contribution in [0.4, 0.5) is 9.18 Å². The Balaban J connectivity index is 2.32. The summed E-state index contributed by atoms with van der Waals surface area (Å²) in [5.41, 5.74) is 5.96. The number of rotatable bonds is 5. The van der Waals surface area contributed by atoms with Gasteiger partial charge in [-0.05, 0) is 24.7 Å². The van der Waals surface area contributed by atoms with Gasteiger partial charge < -0.3 is 5.73 Å². The van der Waals surface area contributed by atoms with E-state index in [1.807, 2.05) is 0 Å². The summed E-state index contributed by atoms with van der Waals surface area (Å²) in [5.74, 6) is -1.06. The first-order chi connectivity index (χ1) is 11.4. The summed E-state index contributed by atoms with van der Waals surface area (Å²) in [6.45, 7) is 0.0806. The van der Waals surface area contributed by atoms with Crippen LogP contribution in [0.5, 0.6) is 0 Å². The topological polar surface area (TPSA) is 75.4 Å². The SMILES string of the molecule is CN(Cc1c(F)cccc1Cl)C(C(=O)NC(N)=O)c1ccccc1. The quantitative estimate of drug-likeness (QED) is 0.871. The second-order valence-electron chi connectivity index (χ2n) is 5.28. The van der Waals surface area contributed by atoms with E-state index in [9.17, 15) is 14.0 Å². The maximum Gasteiger partial charge on any atom is 0.318 e. The van der Waals surface area contributed by atoms with Crippen molar-refractivity contribution in [2.45, 2.75) is 12.6 Å². The van der Waals surface area contributed by atoms with Crippen LogP contribution in [0.15, 0.2) is 48.5 Å². The van der Waals surface area contributed by atoms with E-state index in [0.717, 1.165) is 0 Å². The van der Waals surface area contributed by atoms with Crippen LogP contribution < -0.4 is 11.1 Å². The van der Waals surface area contributed by atoms with Crippen LogP contribution in [0.2, 0.25) is 5.02 Å². The van der Waals surface area contributed by atoms with Crippen LogP contribution in [-0.2, 0) is 11.3 Å². The zero-order chi connectivity index (χ0) is 17.7. The van der Waals surface area contributed by atoms with Crippen molar-refractivity contribution in [1.29, 1.82) is 0 Å². The Morgan fingerprint density at radius 1 is 1.21 bits per heavy atom. The van der Waals surface area contributed by atoms with Crippen LogP contribution in [0.3, 0.4) is 0 Å². The zero-order valence-corrected chi connectivity index (χ0v) is 13.8. The average molecular weight is 350 g/mol. The molecule has 0 aliphatic rings. The highest BCUT2D eigenvalue weighted by atomic mass is 35.5. The number of amides is 3. The van der Waals surface area contributed by atoms with E-state index in [0.29, 0.717) is 5.56 Å². The van der Waals surface area contributed by atoms with E-state index in [-0.39, 0.29) is 17.1 Å². The molecule has 3 amide bonds.